The highest BCUT2D eigenvalue weighted by Crippen LogP contribution is 2.21. The Hall–Kier alpha value is -2.47. The van der Waals surface area contributed by atoms with Gasteiger partial charge in [0.2, 0.25) is 0 Å². The standard InChI is InChI=1S/C17H20N4O2/c22-14-6-4-10-21(12-14)16-13(5-3-9-19-16)11-20-17(23)15-7-1-2-8-18-15/h1-3,5,7-9,14,22H,4,6,10-12H2,(H,20,23)/t14-/m1/s1. The van der Waals surface area contributed by atoms with Crippen LogP contribution in [0.1, 0.15) is 28.9 Å². The summed E-state index contributed by atoms with van der Waals surface area (Å²) in [5, 5.41) is 12.7. The number of hydrogen-bond donors (Lipinski definition) is 2. The van der Waals surface area contributed by atoms with Crippen LogP contribution < -0.4 is 10.2 Å². The summed E-state index contributed by atoms with van der Waals surface area (Å²) in [6.45, 7) is 1.83. The molecule has 6 heteroatoms. The van der Waals surface area contributed by atoms with Gasteiger partial charge in [-0.3, -0.25) is 9.78 Å². The van der Waals surface area contributed by atoms with E-state index in [4.69, 9.17) is 0 Å². The molecule has 1 saturated heterocycles. The Morgan fingerprint density at radius 1 is 1.26 bits per heavy atom. The predicted octanol–water partition coefficient (Wildman–Crippen LogP) is 1.37. The monoisotopic (exact) mass is 312 g/mol. The summed E-state index contributed by atoms with van der Waals surface area (Å²) in [4.78, 5) is 22.7. The molecular formula is C17H20N4O2. The molecule has 3 heterocycles. The molecule has 2 aromatic heterocycles. The molecule has 1 aliphatic heterocycles. The molecule has 120 valence electrons. The van der Waals surface area contributed by atoms with Gasteiger partial charge >= 0.3 is 0 Å². The Morgan fingerprint density at radius 3 is 2.91 bits per heavy atom. The average Bonchev–Trinajstić information content (AvgIpc) is 2.60. The Bertz CT molecular complexity index is 663. The number of piperidine rings is 1. The minimum absolute atomic E-state index is 0.209. The van der Waals surface area contributed by atoms with Gasteiger partial charge < -0.3 is 15.3 Å². The van der Waals surface area contributed by atoms with Gasteiger partial charge in [0.25, 0.3) is 5.91 Å². The first-order valence-electron chi connectivity index (χ1n) is 7.80. The molecule has 1 fully saturated rings. The largest absolute Gasteiger partial charge is 0.391 e. The third-order valence-electron chi connectivity index (χ3n) is 3.90. The maximum Gasteiger partial charge on any atom is 0.270 e. The van der Waals surface area contributed by atoms with Crippen LogP contribution in [0, 0.1) is 0 Å². The lowest BCUT2D eigenvalue weighted by Crippen LogP contribution is -2.39. The number of carbonyl (C=O) groups excluding carboxylic acids is 1. The van der Waals surface area contributed by atoms with Crippen LogP contribution in [0.2, 0.25) is 0 Å². The molecule has 2 aromatic rings. The Morgan fingerprint density at radius 2 is 2.13 bits per heavy atom. The maximum absolute atomic E-state index is 12.1. The second-order valence-electron chi connectivity index (χ2n) is 5.63. The molecular weight excluding hydrogens is 292 g/mol. The number of aliphatic hydroxyl groups is 1. The molecule has 1 atom stereocenters. The minimum Gasteiger partial charge on any atom is -0.391 e. The molecule has 0 aliphatic carbocycles. The van der Waals surface area contributed by atoms with E-state index in [0.717, 1.165) is 30.8 Å². The summed E-state index contributed by atoms with van der Waals surface area (Å²) in [6.07, 6.45) is 4.79. The van der Waals surface area contributed by atoms with E-state index >= 15 is 0 Å². The van der Waals surface area contributed by atoms with Crippen LogP contribution in [0.5, 0.6) is 0 Å². The van der Waals surface area contributed by atoms with Crippen molar-refractivity contribution in [1.82, 2.24) is 15.3 Å². The number of hydrogen-bond acceptors (Lipinski definition) is 5. The molecule has 2 N–H and O–H groups in total. The topological polar surface area (TPSA) is 78.4 Å². The highest BCUT2D eigenvalue weighted by molar-refractivity contribution is 5.92. The van der Waals surface area contributed by atoms with E-state index in [1.165, 1.54) is 0 Å². The summed E-state index contributed by atoms with van der Waals surface area (Å²) in [7, 11) is 0. The quantitative estimate of drug-likeness (QED) is 0.891. The molecule has 1 aliphatic rings. The van der Waals surface area contributed by atoms with Gasteiger partial charge in [-0.15, -0.1) is 0 Å². The normalized spacial score (nSPS) is 17.8. The van der Waals surface area contributed by atoms with Crippen LogP contribution in [0.25, 0.3) is 0 Å². The van der Waals surface area contributed by atoms with E-state index in [1.54, 1.807) is 30.6 Å². The Kier molecular flexibility index (Phi) is 4.83. The van der Waals surface area contributed by atoms with Crippen LogP contribution in [0.15, 0.2) is 42.7 Å². The first-order valence-corrected chi connectivity index (χ1v) is 7.80. The lowest BCUT2D eigenvalue weighted by atomic mass is 10.1. The zero-order chi connectivity index (χ0) is 16.1. The van der Waals surface area contributed by atoms with Gasteiger partial charge in [0.15, 0.2) is 0 Å². The molecule has 3 rings (SSSR count). The molecule has 6 nitrogen and oxygen atoms in total. The van der Waals surface area contributed by atoms with Crippen molar-refractivity contribution in [3.05, 3.63) is 54.0 Å². The lowest BCUT2D eigenvalue weighted by molar-refractivity contribution is 0.0946. The van der Waals surface area contributed by atoms with Crippen molar-refractivity contribution in [2.75, 3.05) is 18.0 Å². The third kappa shape index (κ3) is 3.84. The van der Waals surface area contributed by atoms with Gasteiger partial charge in [-0.05, 0) is 31.0 Å². The second-order valence-corrected chi connectivity index (χ2v) is 5.63. The van der Waals surface area contributed by atoms with Crippen LogP contribution in [0.3, 0.4) is 0 Å². The first-order chi connectivity index (χ1) is 11.2. The number of amides is 1. The summed E-state index contributed by atoms with van der Waals surface area (Å²) in [5.41, 5.74) is 1.33. The summed E-state index contributed by atoms with van der Waals surface area (Å²) < 4.78 is 0. The van der Waals surface area contributed by atoms with Crippen molar-refractivity contribution in [2.45, 2.75) is 25.5 Å². The lowest BCUT2D eigenvalue weighted by Gasteiger charge is -2.32. The van der Waals surface area contributed by atoms with Crippen LogP contribution in [0.4, 0.5) is 5.82 Å². The molecule has 0 aromatic carbocycles. The maximum atomic E-state index is 12.1. The summed E-state index contributed by atoms with van der Waals surface area (Å²) in [6, 6.07) is 9.04. The SMILES string of the molecule is O=C(NCc1cccnc1N1CCC[C@@H](O)C1)c1ccccn1. The molecule has 0 saturated carbocycles. The van der Waals surface area contributed by atoms with Crippen LogP contribution >= 0.6 is 0 Å². The summed E-state index contributed by atoms with van der Waals surface area (Å²) >= 11 is 0. The van der Waals surface area contributed by atoms with E-state index in [1.807, 2.05) is 12.1 Å². The number of nitrogens with one attached hydrogen (secondary N) is 1. The Balaban J connectivity index is 1.70. The molecule has 0 bridgehead atoms. The van der Waals surface area contributed by atoms with Crippen molar-refractivity contribution in [2.24, 2.45) is 0 Å². The van der Waals surface area contributed by atoms with Crippen molar-refractivity contribution >= 4 is 11.7 Å². The number of rotatable bonds is 4. The van der Waals surface area contributed by atoms with Gasteiger partial charge in [0.1, 0.15) is 11.5 Å². The van der Waals surface area contributed by atoms with Gasteiger partial charge in [0, 0.05) is 37.6 Å². The number of anilines is 1. The van der Waals surface area contributed by atoms with Crippen molar-refractivity contribution in [1.29, 1.82) is 0 Å². The predicted molar refractivity (Wildman–Crippen MR) is 87.1 cm³/mol. The summed E-state index contributed by atoms with van der Waals surface area (Å²) in [5.74, 6) is 0.617. The van der Waals surface area contributed by atoms with Gasteiger partial charge in [-0.25, -0.2) is 4.98 Å². The van der Waals surface area contributed by atoms with Crippen LogP contribution in [-0.4, -0.2) is 40.2 Å². The zero-order valence-corrected chi connectivity index (χ0v) is 12.9. The van der Waals surface area contributed by atoms with E-state index in [9.17, 15) is 9.90 Å². The fraction of sp³-hybridized carbons (Fsp3) is 0.353. The zero-order valence-electron chi connectivity index (χ0n) is 12.9. The van der Waals surface area contributed by atoms with Gasteiger partial charge in [-0.1, -0.05) is 12.1 Å². The average molecular weight is 312 g/mol. The highest BCUT2D eigenvalue weighted by Gasteiger charge is 2.21. The van der Waals surface area contributed by atoms with Crippen molar-refractivity contribution < 1.29 is 9.90 Å². The molecule has 0 spiro atoms. The van der Waals surface area contributed by atoms with E-state index in [0.29, 0.717) is 18.8 Å². The first kappa shape index (κ1) is 15.4. The second kappa shape index (κ2) is 7.19. The fourth-order valence-corrected chi connectivity index (χ4v) is 2.76. The molecule has 23 heavy (non-hydrogen) atoms. The minimum atomic E-state index is -0.318. The fourth-order valence-electron chi connectivity index (χ4n) is 2.76. The smallest absolute Gasteiger partial charge is 0.270 e. The van der Waals surface area contributed by atoms with Gasteiger partial charge in [-0.2, -0.15) is 0 Å². The third-order valence-corrected chi connectivity index (χ3v) is 3.90. The number of β-amino-alcohol motifs (C(OH)–C–C–N with tert-alkyl or cyclic N) is 1. The number of nitrogens with zero attached hydrogens (tertiary/aromatic N) is 3. The van der Waals surface area contributed by atoms with E-state index in [-0.39, 0.29) is 12.0 Å². The number of carbonyl (C=O) groups is 1. The van der Waals surface area contributed by atoms with Crippen molar-refractivity contribution in [3.8, 4) is 0 Å². The molecule has 1 amide bonds. The van der Waals surface area contributed by atoms with E-state index in [2.05, 4.69) is 20.2 Å². The molecule has 0 unspecified atom stereocenters. The van der Waals surface area contributed by atoms with E-state index < -0.39 is 0 Å². The van der Waals surface area contributed by atoms with Crippen molar-refractivity contribution in [3.63, 3.8) is 0 Å². The van der Waals surface area contributed by atoms with Crippen LogP contribution in [-0.2, 0) is 6.54 Å². The number of aromatic nitrogens is 2. The highest BCUT2D eigenvalue weighted by atomic mass is 16.3. The Labute approximate surface area is 135 Å². The van der Waals surface area contributed by atoms with Gasteiger partial charge in [0.05, 0.1) is 6.10 Å². The molecule has 0 radical (unpaired) electrons. The number of pyridine rings is 2. The number of aliphatic hydroxyl groups excluding tert-OH is 1.